The summed E-state index contributed by atoms with van der Waals surface area (Å²) in [6.07, 6.45) is -3.74. The third kappa shape index (κ3) is 8.22. The van der Waals surface area contributed by atoms with E-state index in [4.69, 9.17) is 5.73 Å². The first-order valence-corrected chi connectivity index (χ1v) is 7.58. The second kappa shape index (κ2) is 10.2. The highest BCUT2D eigenvalue weighted by molar-refractivity contribution is 5.96. The number of benzene rings is 1. The van der Waals surface area contributed by atoms with Crippen molar-refractivity contribution in [1.82, 2.24) is 10.6 Å². The molecule has 142 valence electrons. The van der Waals surface area contributed by atoms with Crippen LogP contribution in [0.4, 0.5) is 13.2 Å². The third-order valence-electron chi connectivity index (χ3n) is 3.29. The summed E-state index contributed by atoms with van der Waals surface area (Å²) in [6, 6.07) is 3.60. The number of hydrogen-bond acceptors (Lipinski definition) is 3. The van der Waals surface area contributed by atoms with Crippen molar-refractivity contribution in [2.45, 2.75) is 32.5 Å². The smallest absolute Gasteiger partial charge is 0.351 e. The molecule has 0 aliphatic carbocycles. The zero-order valence-corrected chi connectivity index (χ0v) is 14.8. The molecule has 5 nitrogen and oxygen atoms in total. The molecule has 25 heavy (non-hydrogen) atoms. The molecule has 1 rings (SSSR count). The second-order valence-corrected chi connectivity index (χ2v) is 5.89. The third-order valence-corrected chi connectivity index (χ3v) is 3.29. The van der Waals surface area contributed by atoms with Gasteiger partial charge in [-0.1, -0.05) is 13.8 Å². The highest BCUT2D eigenvalue weighted by Gasteiger charge is 2.30. The van der Waals surface area contributed by atoms with Crippen molar-refractivity contribution >= 4 is 24.2 Å². The fraction of sp³-hybridized carbons (Fsp3) is 0.500. The first kappa shape index (κ1) is 23.2. The average Bonchev–Trinajstić information content (AvgIpc) is 2.50. The van der Waals surface area contributed by atoms with Gasteiger partial charge in [0.1, 0.15) is 0 Å². The van der Waals surface area contributed by atoms with Crippen LogP contribution in [0.25, 0.3) is 0 Å². The molecule has 0 aliphatic rings. The summed E-state index contributed by atoms with van der Waals surface area (Å²) in [5.41, 5.74) is 4.78. The molecule has 0 spiro atoms. The van der Waals surface area contributed by atoms with E-state index in [0.717, 1.165) is 30.7 Å². The van der Waals surface area contributed by atoms with E-state index in [1.165, 1.54) is 0 Å². The van der Waals surface area contributed by atoms with E-state index in [0.29, 0.717) is 5.92 Å². The molecule has 1 aromatic rings. The topological polar surface area (TPSA) is 84.2 Å². The number of carbonyl (C=O) groups excluding carboxylic acids is 2. The van der Waals surface area contributed by atoms with Gasteiger partial charge in [0.15, 0.2) is 0 Å². The quantitative estimate of drug-likeness (QED) is 0.677. The Morgan fingerprint density at radius 2 is 1.72 bits per heavy atom. The molecule has 4 N–H and O–H groups in total. The minimum absolute atomic E-state index is 0. The first-order chi connectivity index (χ1) is 11.1. The SMILES string of the molecule is CC(C)CC(CN)NC(=O)CNC(=O)c1ccc(C(F)(F)F)cc1.Cl. The Labute approximate surface area is 150 Å². The van der Waals surface area contributed by atoms with Crippen LogP contribution in [-0.2, 0) is 11.0 Å². The summed E-state index contributed by atoms with van der Waals surface area (Å²) in [5, 5.41) is 5.07. The lowest BCUT2D eigenvalue weighted by Crippen LogP contribution is -2.45. The van der Waals surface area contributed by atoms with Crippen LogP contribution in [0, 0.1) is 5.92 Å². The zero-order chi connectivity index (χ0) is 18.3. The van der Waals surface area contributed by atoms with E-state index in [1.54, 1.807) is 0 Å². The molecule has 0 aromatic heterocycles. The highest BCUT2D eigenvalue weighted by Crippen LogP contribution is 2.29. The zero-order valence-electron chi connectivity index (χ0n) is 14.0. The maximum atomic E-state index is 12.5. The summed E-state index contributed by atoms with van der Waals surface area (Å²) in [6.45, 7) is 4.02. The Morgan fingerprint density at radius 3 is 2.16 bits per heavy atom. The number of nitrogens with two attached hydrogens (primary N) is 1. The fourth-order valence-corrected chi connectivity index (χ4v) is 2.14. The van der Waals surface area contributed by atoms with Crippen molar-refractivity contribution in [1.29, 1.82) is 0 Å². The molecule has 1 aromatic carbocycles. The molecule has 1 unspecified atom stereocenters. The predicted octanol–water partition coefficient (Wildman–Crippen LogP) is 2.35. The van der Waals surface area contributed by atoms with Crippen LogP contribution in [0.1, 0.15) is 36.2 Å². The van der Waals surface area contributed by atoms with E-state index in [1.807, 2.05) is 13.8 Å². The van der Waals surface area contributed by atoms with Gasteiger partial charge in [0, 0.05) is 18.2 Å². The number of amides is 2. The van der Waals surface area contributed by atoms with E-state index < -0.39 is 23.6 Å². The Morgan fingerprint density at radius 1 is 1.16 bits per heavy atom. The van der Waals surface area contributed by atoms with Gasteiger partial charge < -0.3 is 16.4 Å². The molecule has 0 saturated carbocycles. The van der Waals surface area contributed by atoms with Crippen LogP contribution in [0.5, 0.6) is 0 Å². The predicted molar refractivity (Wildman–Crippen MR) is 91.5 cm³/mol. The van der Waals surface area contributed by atoms with Gasteiger partial charge >= 0.3 is 6.18 Å². The van der Waals surface area contributed by atoms with Crippen molar-refractivity contribution in [3.05, 3.63) is 35.4 Å². The summed E-state index contributed by atoms with van der Waals surface area (Å²) < 4.78 is 37.4. The Hall–Kier alpha value is -1.80. The van der Waals surface area contributed by atoms with Gasteiger partial charge in [-0.3, -0.25) is 9.59 Å². The molecule has 2 amide bonds. The molecule has 0 fully saturated rings. The van der Waals surface area contributed by atoms with Gasteiger partial charge in [-0.2, -0.15) is 13.2 Å². The second-order valence-electron chi connectivity index (χ2n) is 5.89. The van der Waals surface area contributed by atoms with Crippen LogP contribution in [0.15, 0.2) is 24.3 Å². The monoisotopic (exact) mass is 381 g/mol. The average molecular weight is 382 g/mol. The van der Waals surface area contributed by atoms with Crippen LogP contribution < -0.4 is 16.4 Å². The molecule has 9 heteroatoms. The molecule has 0 saturated heterocycles. The Balaban J connectivity index is 0.00000576. The number of hydrogen-bond donors (Lipinski definition) is 3. The van der Waals surface area contributed by atoms with Gasteiger partial charge in [0.05, 0.1) is 12.1 Å². The van der Waals surface area contributed by atoms with Crippen molar-refractivity contribution < 1.29 is 22.8 Å². The maximum absolute atomic E-state index is 12.5. The van der Waals surface area contributed by atoms with E-state index in [9.17, 15) is 22.8 Å². The standard InChI is InChI=1S/C16H22F3N3O2.ClH/c1-10(2)7-13(8-20)22-14(23)9-21-15(24)11-3-5-12(6-4-11)16(17,18)19;/h3-6,10,13H,7-9,20H2,1-2H3,(H,21,24)(H,22,23);1H. The van der Waals surface area contributed by atoms with Crippen LogP contribution in [0.3, 0.4) is 0 Å². The van der Waals surface area contributed by atoms with Crippen molar-refractivity contribution in [2.24, 2.45) is 11.7 Å². The minimum Gasteiger partial charge on any atom is -0.351 e. The van der Waals surface area contributed by atoms with Crippen molar-refractivity contribution in [3.8, 4) is 0 Å². The Kier molecular flexibility index (Phi) is 9.51. The van der Waals surface area contributed by atoms with Gasteiger partial charge in [-0.15, -0.1) is 12.4 Å². The molecular weight excluding hydrogens is 359 g/mol. The fourth-order valence-electron chi connectivity index (χ4n) is 2.14. The number of nitrogens with one attached hydrogen (secondary N) is 2. The van der Waals surface area contributed by atoms with Gasteiger partial charge in [-0.05, 0) is 36.6 Å². The maximum Gasteiger partial charge on any atom is 0.416 e. The van der Waals surface area contributed by atoms with Crippen molar-refractivity contribution in [2.75, 3.05) is 13.1 Å². The lowest BCUT2D eigenvalue weighted by Gasteiger charge is -2.19. The molecular formula is C16H23ClF3N3O2. The van der Waals surface area contributed by atoms with E-state index >= 15 is 0 Å². The lowest BCUT2D eigenvalue weighted by molar-refractivity contribution is -0.137. The molecule has 0 bridgehead atoms. The summed E-state index contributed by atoms with van der Waals surface area (Å²) >= 11 is 0. The molecule has 0 radical (unpaired) electrons. The van der Waals surface area contributed by atoms with Gasteiger partial charge in [-0.25, -0.2) is 0 Å². The number of carbonyl (C=O) groups is 2. The van der Waals surface area contributed by atoms with Crippen LogP contribution >= 0.6 is 12.4 Å². The Bertz CT molecular complexity index is 563. The van der Waals surface area contributed by atoms with Gasteiger partial charge in [0.25, 0.3) is 5.91 Å². The number of rotatable bonds is 7. The van der Waals surface area contributed by atoms with Gasteiger partial charge in [0.2, 0.25) is 5.91 Å². The van der Waals surface area contributed by atoms with Crippen molar-refractivity contribution in [3.63, 3.8) is 0 Å². The molecule has 0 heterocycles. The van der Waals surface area contributed by atoms with Crippen LogP contribution in [0.2, 0.25) is 0 Å². The van der Waals surface area contributed by atoms with Crippen LogP contribution in [-0.4, -0.2) is 30.9 Å². The molecule has 1 atom stereocenters. The minimum atomic E-state index is -4.46. The lowest BCUT2D eigenvalue weighted by atomic mass is 10.0. The summed E-state index contributed by atoms with van der Waals surface area (Å²) in [7, 11) is 0. The van der Waals surface area contributed by atoms with E-state index in [-0.39, 0.29) is 37.1 Å². The largest absolute Gasteiger partial charge is 0.416 e. The number of alkyl halides is 3. The first-order valence-electron chi connectivity index (χ1n) is 7.58. The highest BCUT2D eigenvalue weighted by atomic mass is 35.5. The normalized spacial score (nSPS) is 12.3. The number of halogens is 4. The van der Waals surface area contributed by atoms with E-state index in [2.05, 4.69) is 10.6 Å². The summed E-state index contributed by atoms with van der Waals surface area (Å²) in [5.74, 6) is -0.654. The summed E-state index contributed by atoms with van der Waals surface area (Å²) in [4.78, 5) is 23.6. The molecule has 0 aliphatic heterocycles.